The van der Waals surface area contributed by atoms with Crippen LogP contribution in [0.2, 0.25) is 0 Å². The van der Waals surface area contributed by atoms with Crippen molar-refractivity contribution >= 4 is 17.5 Å². The highest BCUT2D eigenvalue weighted by Gasteiger charge is 2.32. The number of benzene rings is 1. The Labute approximate surface area is 139 Å². The predicted octanol–water partition coefficient (Wildman–Crippen LogP) is 0.880. The van der Waals surface area contributed by atoms with Crippen LogP contribution in [-0.2, 0) is 16.1 Å². The Kier molecular flexibility index (Phi) is 4.57. The van der Waals surface area contributed by atoms with E-state index in [0.717, 1.165) is 12.0 Å². The van der Waals surface area contributed by atoms with Gasteiger partial charge in [-0.25, -0.2) is 4.98 Å². The summed E-state index contributed by atoms with van der Waals surface area (Å²) in [5.74, 6) is 0.960. The van der Waals surface area contributed by atoms with Gasteiger partial charge >= 0.3 is 0 Å². The molecule has 2 aromatic rings. The summed E-state index contributed by atoms with van der Waals surface area (Å²) >= 11 is 0. The van der Waals surface area contributed by atoms with E-state index in [1.165, 1.54) is 6.92 Å². The summed E-state index contributed by atoms with van der Waals surface area (Å²) in [5.41, 5.74) is 7.01. The Hall–Kier alpha value is -2.74. The molecule has 1 aromatic carbocycles. The molecule has 0 radical (unpaired) electrons. The molecule has 2 amide bonds. The molecule has 1 unspecified atom stereocenters. The van der Waals surface area contributed by atoms with E-state index in [9.17, 15) is 9.59 Å². The van der Waals surface area contributed by atoms with E-state index in [2.05, 4.69) is 20.5 Å². The number of amides is 2. The molecule has 0 aliphatic carbocycles. The molecule has 1 aliphatic rings. The zero-order valence-corrected chi connectivity index (χ0v) is 13.5. The second-order valence-electron chi connectivity index (χ2n) is 5.75. The van der Waals surface area contributed by atoms with Crippen molar-refractivity contribution in [3.63, 3.8) is 0 Å². The van der Waals surface area contributed by atoms with Crippen LogP contribution in [0, 0.1) is 0 Å². The number of carbonyl (C=O) groups excluding carboxylic acids is 2. The zero-order valence-electron chi connectivity index (χ0n) is 13.5. The smallest absolute Gasteiger partial charge is 0.247 e. The molecule has 3 rings (SSSR count). The van der Waals surface area contributed by atoms with Gasteiger partial charge in [-0.1, -0.05) is 0 Å². The van der Waals surface area contributed by atoms with Crippen LogP contribution in [0.25, 0.3) is 11.4 Å². The molecule has 8 nitrogen and oxygen atoms in total. The van der Waals surface area contributed by atoms with Gasteiger partial charge in [0, 0.05) is 24.7 Å². The van der Waals surface area contributed by atoms with Gasteiger partial charge in [0.15, 0.2) is 5.82 Å². The van der Waals surface area contributed by atoms with E-state index in [1.54, 1.807) is 17.0 Å². The maximum atomic E-state index is 12.4. The predicted molar refractivity (Wildman–Crippen MR) is 88.7 cm³/mol. The van der Waals surface area contributed by atoms with Gasteiger partial charge in [-0.15, -0.1) is 0 Å². The topological polar surface area (TPSA) is 117 Å². The minimum atomic E-state index is -0.387. The third-order valence-corrected chi connectivity index (χ3v) is 4.10. The first-order valence-electron chi connectivity index (χ1n) is 7.88. The lowest BCUT2D eigenvalue weighted by molar-refractivity contribution is -0.134. The fourth-order valence-corrected chi connectivity index (χ4v) is 2.86. The van der Waals surface area contributed by atoms with Crippen molar-refractivity contribution in [2.75, 3.05) is 11.9 Å². The van der Waals surface area contributed by atoms with Crippen LogP contribution in [0.1, 0.15) is 25.6 Å². The third kappa shape index (κ3) is 3.28. The molecular formula is C16H20N6O2. The highest BCUT2D eigenvalue weighted by atomic mass is 16.2. The number of hydrogen-bond donors (Lipinski definition) is 3. The highest BCUT2D eigenvalue weighted by Crippen LogP contribution is 2.21. The van der Waals surface area contributed by atoms with E-state index in [1.807, 2.05) is 12.1 Å². The van der Waals surface area contributed by atoms with Crippen LogP contribution in [0.15, 0.2) is 24.3 Å². The molecule has 126 valence electrons. The van der Waals surface area contributed by atoms with Crippen molar-refractivity contribution in [3.8, 4) is 11.4 Å². The zero-order chi connectivity index (χ0) is 17.1. The van der Waals surface area contributed by atoms with Crippen molar-refractivity contribution in [3.05, 3.63) is 30.1 Å². The standard InChI is InChI=1S/C16H20N6O2/c1-10(23)22-8-2-3-13(22)16(24)18-12-6-4-11(5-7-12)15-19-14(9-17)20-21-15/h4-7,13H,2-3,8-9,17H2,1H3,(H,18,24)(H,19,20,21). The molecular weight excluding hydrogens is 308 g/mol. The fourth-order valence-electron chi connectivity index (χ4n) is 2.86. The van der Waals surface area contributed by atoms with Gasteiger partial charge in [-0.3, -0.25) is 14.7 Å². The van der Waals surface area contributed by atoms with Crippen LogP contribution in [0.5, 0.6) is 0 Å². The SMILES string of the molecule is CC(=O)N1CCCC1C(=O)Nc1ccc(-c2n[nH]c(CN)n2)cc1. The molecule has 8 heteroatoms. The number of anilines is 1. The number of nitrogens with one attached hydrogen (secondary N) is 2. The number of hydrogen-bond acceptors (Lipinski definition) is 5. The van der Waals surface area contributed by atoms with E-state index in [4.69, 9.17) is 5.73 Å². The summed E-state index contributed by atoms with van der Waals surface area (Å²) in [7, 11) is 0. The summed E-state index contributed by atoms with van der Waals surface area (Å²) in [5, 5.41) is 9.71. The largest absolute Gasteiger partial charge is 0.331 e. The van der Waals surface area contributed by atoms with Crippen LogP contribution in [-0.4, -0.2) is 44.5 Å². The number of aromatic nitrogens is 3. The molecule has 1 atom stereocenters. The van der Waals surface area contributed by atoms with Crippen LogP contribution in [0.3, 0.4) is 0 Å². The number of likely N-dealkylation sites (tertiary alicyclic amines) is 1. The average Bonchev–Trinajstić information content (AvgIpc) is 3.25. The van der Waals surface area contributed by atoms with Crippen molar-refractivity contribution in [2.24, 2.45) is 5.73 Å². The number of H-pyrrole nitrogens is 1. The summed E-state index contributed by atoms with van der Waals surface area (Å²) in [6, 6.07) is 6.85. The minimum Gasteiger partial charge on any atom is -0.331 e. The summed E-state index contributed by atoms with van der Waals surface area (Å²) in [6.45, 7) is 2.43. The fraction of sp³-hybridized carbons (Fsp3) is 0.375. The molecule has 1 aromatic heterocycles. The minimum absolute atomic E-state index is 0.0664. The van der Waals surface area contributed by atoms with E-state index < -0.39 is 0 Å². The van der Waals surface area contributed by atoms with Gasteiger partial charge < -0.3 is 16.0 Å². The second-order valence-corrected chi connectivity index (χ2v) is 5.75. The lowest BCUT2D eigenvalue weighted by Gasteiger charge is -2.22. The second kappa shape index (κ2) is 6.79. The van der Waals surface area contributed by atoms with Crippen LogP contribution >= 0.6 is 0 Å². The lowest BCUT2D eigenvalue weighted by atomic mass is 10.1. The first kappa shape index (κ1) is 16.1. The Balaban J connectivity index is 1.67. The number of carbonyl (C=O) groups is 2. The normalized spacial score (nSPS) is 17.1. The monoisotopic (exact) mass is 328 g/mol. The van der Waals surface area contributed by atoms with Gasteiger partial charge in [0.05, 0.1) is 6.54 Å². The third-order valence-electron chi connectivity index (χ3n) is 4.10. The Morgan fingerprint density at radius 2 is 2.12 bits per heavy atom. The van der Waals surface area contributed by atoms with Crippen molar-refractivity contribution in [1.82, 2.24) is 20.1 Å². The summed E-state index contributed by atoms with van der Waals surface area (Å²) in [6.07, 6.45) is 1.55. The lowest BCUT2D eigenvalue weighted by Crippen LogP contribution is -2.42. The molecule has 2 heterocycles. The van der Waals surface area contributed by atoms with Gasteiger partial charge in [0.1, 0.15) is 11.9 Å². The van der Waals surface area contributed by atoms with Gasteiger partial charge in [-0.2, -0.15) is 5.10 Å². The van der Waals surface area contributed by atoms with Gasteiger partial charge in [0.2, 0.25) is 11.8 Å². The molecule has 0 spiro atoms. The molecule has 24 heavy (non-hydrogen) atoms. The maximum absolute atomic E-state index is 12.4. The number of rotatable bonds is 4. The molecule has 1 fully saturated rings. The molecule has 0 bridgehead atoms. The maximum Gasteiger partial charge on any atom is 0.247 e. The summed E-state index contributed by atoms with van der Waals surface area (Å²) < 4.78 is 0. The Morgan fingerprint density at radius 3 is 2.75 bits per heavy atom. The average molecular weight is 328 g/mol. The van der Waals surface area contributed by atoms with Crippen LogP contribution in [0.4, 0.5) is 5.69 Å². The van der Waals surface area contributed by atoms with Crippen molar-refractivity contribution < 1.29 is 9.59 Å². The van der Waals surface area contributed by atoms with Gasteiger partial charge in [0.25, 0.3) is 0 Å². The van der Waals surface area contributed by atoms with Crippen LogP contribution < -0.4 is 11.1 Å². The molecule has 4 N–H and O–H groups in total. The Bertz CT molecular complexity index is 739. The molecule has 0 saturated carbocycles. The number of nitrogens with zero attached hydrogens (tertiary/aromatic N) is 3. The van der Waals surface area contributed by atoms with Crippen molar-refractivity contribution in [2.45, 2.75) is 32.4 Å². The Morgan fingerprint density at radius 1 is 1.38 bits per heavy atom. The number of aromatic amines is 1. The molecule has 1 saturated heterocycles. The van der Waals surface area contributed by atoms with Crippen molar-refractivity contribution in [1.29, 1.82) is 0 Å². The first-order valence-corrected chi connectivity index (χ1v) is 7.88. The van der Waals surface area contributed by atoms with E-state index >= 15 is 0 Å². The number of nitrogens with two attached hydrogens (primary N) is 1. The first-order chi connectivity index (χ1) is 11.6. The highest BCUT2D eigenvalue weighted by molar-refractivity contribution is 5.97. The van der Waals surface area contributed by atoms with E-state index in [0.29, 0.717) is 36.8 Å². The van der Waals surface area contributed by atoms with Gasteiger partial charge in [-0.05, 0) is 37.1 Å². The molecule has 1 aliphatic heterocycles. The quantitative estimate of drug-likeness (QED) is 0.770. The van der Waals surface area contributed by atoms with E-state index in [-0.39, 0.29) is 17.9 Å². The summed E-state index contributed by atoms with van der Waals surface area (Å²) in [4.78, 5) is 29.8.